The fourth-order valence-corrected chi connectivity index (χ4v) is 2.98. The highest BCUT2D eigenvalue weighted by molar-refractivity contribution is 7.15. The Morgan fingerprint density at radius 1 is 1.15 bits per heavy atom. The van der Waals surface area contributed by atoms with Crippen LogP contribution in [-0.2, 0) is 23.6 Å². The fraction of sp³-hybridized carbons (Fsp3) is 0.375. The minimum atomic E-state index is -4.87. The Morgan fingerprint density at radius 3 is 2.31 bits per heavy atom. The van der Waals surface area contributed by atoms with Crippen LogP contribution in [0.2, 0.25) is 0 Å². The van der Waals surface area contributed by atoms with Crippen molar-refractivity contribution in [2.75, 3.05) is 5.32 Å². The molecular formula is C16H14F6N2OS. The lowest BCUT2D eigenvalue weighted by molar-refractivity contribution is -0.142. The molecule has 2 aromatic rings. The monoisotopic (exact) mass is 396 g/mol. The van der Waals surface area contributed by atoms with Gasteiger partial charge in [0.2, 0.25) is 5.91 Å². The molecule has 0 atom stereocenters. The van der Waals surface area contributed by atoms with Gasteiger partial charge in [-0.3, -0.25) is 4.79 Å². The van der Waals surface area contributed by atoms with E-state index in [-0.39, 0.29) is 11.0 Å². The number of rotatable bonds is 4. The second-order valence-corrected chi connectivity index (χ2v) is 6.88. The summed E-state index contributed by atoms with van der Waals surface area (Å²) in [7, 11) is 0. The van der Waals surface area contributed by atoms with Gasteiger partial charge in [0.05, 0.1) is 17.5 Å². The highest BCUT2D eigenvalue weighted by Crippen LogP contribution is 2.37. The number of alkyl halides is 6. The number of benzene rings is 1. The standard InChI is InChI=1S/C16H14F6N2OS/c1-8(2)12-7-23-14(26-12)24-13(25)6-9-5-10(15(17,18)19)3-4-11(9)16(20,21)22/h3-5,7-8H,6H2,1-2H3,(H,23,24,25). The molecule has 0 unspecified atom stereocenters. The predicted molar refractivity (Wildman–Crippen MR) is 85.0 cm³/mol. The van der Waals surface area contributed by atoms with Crippen molar-refractivity contribution >= 4 is 22.4 Å². The lowest BCUT2D eigenvalue weighted by Crippen LogP contribution is -2.19. The van der Waals surface area contributed by atoms with Gasteiger partial charge in [-0.25, -0.2) is 4.98 Å². The molecule has 0 aliphatic heterocycles. The van der Waals surface area contributed by atoms with Gasteiger partial charge in [-0.15, -0.1) is 11.3 Å². The summed E-state index contributed by atoms with van der Waals surface area (Å²) in [6.45, 7) is 3.80. The molecule has 1 N–H and O–H groups in total. The van der Waals surface area contributed by atoms with E-state index in [1.54, 1.807) is 0 Å². The number of hydrogen-bond donors (Lipinski definition) is 1. The van der Waals surface area contributed by atoms with E-state index in [9.17, 15) is 31.1 Å². The third kappa shape index (κ3) is 4.96. The summed E-state index contributed by atoms with van der Waals surface area (Å²) < 4.78 is 77.4. The molecule has 142 valence electrons. The lowest BCUT2D eigenvalue weighted by Gasteiger charge is -2.15. The zero-order chi connectivity index (χ0) is 19.7. The number of nitrogens with zero attached hydrogens (tertiary/aromatic N) is 1. The first kappa shape index (κ1) is 20.2. The highest BCUT2D eigenvalue weighted by Gasteiger charge is 2.37. The normalized spacial score (nSPS) is 12.5. The first-order valence-electron chi connectivity index (χ1n) is 7.41. The molecule has 1 heterocycles. The average Bonchev–Trinajstić information content (AvgIpc) is 2.93. The number of thiazole rings is 1. The van der Waals surface area contributed by atoms with Crippen LogP contribution < -0.4 is 5.32 Å². The summed E-state index contributed by atoms with van der Waals surface area (Å²) in [6, 6.07) is 1.04. The maximum Gasteiger partial charge on any atom is 0.416 e. The van der Waals surface area contributed by atoms with E-state index in [1.165, 1.54) is 6.20 Å². The molecule has 1 amide bonds. The van der Waals surface area contributed by atoms with Crippen molar-refractivity contribution in [2.45, 2.75) is 38.5 Å². The van der Waals surface area contributed by atoms with Gasteiger partial charge in [0.25, 0.3) is 0 Å². The zero-order valence-electron chi connectivity index (χ0n) is 13.6. The van der Waals surface area contributed by atoms with Crippen LogP contribution in [0.4, 0.5) is 31.5 Å². The Kier molecular flexibility index (Phi) is 5.64. The molecule has 3 nitrogen and oxygen atoms in total. The van der Waals surface area contributed by atoms with Gasteiger partial charge >= 0.3 is 12.4 Å². The molecule has 1 aromatic carbocycles. The van der Waals surface area contributed by atoms with Crippen LogP contribution in [0.15, 0.2) is 24.4 Å². The van der Waals surface area contributed by atoms with Crippen LogP contribution in [-0.4, -0.2) is 10.9 Å². The summed E-state index contributed by atoms with van der Waals surface area (Å²) in [5.41, 5.74) is -3.27. The van der Waals surface area contributed by atoms with Crippen molar-refractivity contribution in [2.24, 2.45) is 0 Å². The number of carbonyl (C=O) groups excluding carboxylic acids is 1. The molecule has 1 aromatic heterocycles. The van der Waals surface area contributed by atoms with Crippen LogP contribution in [0.5, 0.6) is 0 Å². The number of halogens is 6. The molecule has 0 radical (unpaired) electrons. The minimum absolute atomic E-state index is 0.151. The molecule has 26 heavy (non-hydrogen) atoms. The van der Waals surface area contributed by atoms with E-state index < -0.39 is 41.4 Å². The summed E-state index contributed by atoms with van der Waals surface area (Å²) in [6.07, 6.45) is -9.01. The molecule has 0 bridgehead atoms. The van der Waals surface area contributed by atoms with Gasteiger partial charge in [0.15, 0.2) is 5.13 Å². The van der Waals surface area contributed by atoms with Crippen LogP contribution >= 0.6 is 11.3 Å². The number of hydrogen-bond acceptors (Lipinski definition) is 3. The maximum absolute atomic E-state index is 13.0. The SMILES string of the molecule is CC(C)c1cnc(NC(=O)Cc2cc(C(F)(F)F)ccc2C(F)(F)F)s1. The van der Waals surface area contributed by atoms with Crippen LogP contribution in [0.1, 0.15) is 41.3 Å². The molecule has 10 heteroatoms. The molecule has 0 saturated carbocycles. The van der Waals surface area contributed by atoms with Crippen molar-refractivity contribution in [3.05, 3.63) is 46.0 Å². The smallest absolute Gasteiger partial charge is 0.302 e. The number of amides is 1. The predicted octanol–water partition coefficient (Wildman–Crippen LogP) is 5.49. The Morgan fingerprint density at radius 2 is 1.81 bits per heavy atom. The number of carbonyl (C=O) groups is 1. The highest BCUT2D eigenvalue weighted by atomic mass is 32.1. The number of anilines is 1. The van der Waals surface area contributed by atoms with Gasteiger partial charge in [-0.1, -0.05) is 13.8 Å². The summed E-state index contributed by atoms with van der Waals surface area (Å²) in [5.74, 6) is -0.724. The zero-order valence-corrected chi connectivity index (χ0v) is 14.4. The Balaban J connectivity index is 2.26. The molecule has 0 aliphatic rings. The largest absolute Gasteiger partial charge is 0.416 e. The summed E-state index contributed by atoms with van der Waals surface area (Å²) in [4.78, 5) is 16.8. The third-order valence-corrected chi connectivity index (χ3v) is 4.64. The lowest BCUT2D eigenvalue weighted by atomic mass is 10.00. The maximum atomic E-state index is 13.0. The topological polar surface area (TPSA) is 42.0 Å². The summed E-state index contributed by atoms with van der Waals surface area (Å²) in [5, 5.41) is 2.50. The molecule has 0 saturated heterocycles. The second kappa shape index (κ2) is 7.26. The van der Waals surface area contributed by atoms with Crippen LogP contribution in [0.25, 0.3) is 0 Å². The van der Waals surface area contributed by atoms with Crippen LogP contribution in [0, 0.1) is 0 Å². The van der Waals surface area contributed by atoms with Crippen molar-refractivity contribution in [3.8, 4) is 0 Å². The van der Waals surface area contributed by atoms with Gasteiger partial charge in [-0.2, -0.15) is 26.3 Å². The Hall–Kier alpha value is -2.10. The van der Waals surface area contributed by atoms with Gasteiger partial charge in [-0.05, 0) is 29.7 Å². The van der Waals surface area contributed by atoms with E-state index in [1.807, 2.05) is 13.8 Å². The molecule has 0 fully saturated rings. The van der Waals surface area contributed by atoms with Crippen molar-refractivity contribution in [1.29, 1.82) is 0 Å². The van der Waals surface area contributed by atoms with Gasteiger partial charge in [0.1, 0.15) is 0 Å². The molecule has 0 aliphatic carbocycles. The third-order valence-electron chi connectivity index (χ3n) is 3.43. The van der Waals surface area contributed by atoms with Crippen molar-refractivity contribution in [3.63, 3.8) is 0 Å². The fourth-order valence-electron chi connectivity index (χ4n) is 2.14. The van der Waals surface area contributed by atoms with E-state index in [0.717, 1.165) is 16.2 Å². The molecule has 0 spiro atoms. The minimum Gasteiger partial charge on any atom is -0.302 e. The average molecular weight is 396 g/mol. The van der Waals surface area contributed by atoms with Crippen molar-refractivity contribution < 1.29 is 31.1 Å². The van der Waals surface area contributed by atoms with E-state index in [4.69, 9.17) is 0 Å². The Bertz CT molecular complexity index is 795. The first-order chi connectivity index (χ1) is 11.9. The van der Waals surface area contributed by atoms with Gasteiger partial charge < -0.3 is 5.32 Å². The van der Waals surface area contributed by atoms with Crippen molar-refractivity contribution in [1.82, 2.24) is 4.98 Å². The first-order valence-corrected chi connectivity index (χ1v) is 8.22. The van der Waals surface area contributed by atoms with Gasteiger partial charge in [0, 0.05) is 11.1 Å². The summed E-state index contributed by atoms with van der Waals surface area (Å²) >= 11 is 1.15. The quantitative estimate of drug-likeness (QED) is 0.695. The van der Waals surface area contributed by atoms with Crippen LogP contribution in [0.3, 0.4) is 0 Å². The second-order valence-electron chi connectivity index (χ2n) is 5.81. The molecule has 2 rings (SSSR count). The van der Waals surface area contributed by atoms with E-state index in [2.05, 4.69) is 10.3 Å². The molecular weight excluding hydrogens is 382 g/mol. The number of aromatic nitrogens is 1. The van der Waals surface area contributed by atoms with E-state index in [0.29, 0.717) is 18.2 Å². The number of nitrogens with one attached hydrogen (secondary N) is 1. The Labute approximate surface area is 149 Å². The van der Waals surface area contributed by atoms with E-state index >= 15 is 0 Å².